The van der Waals surface area contributed by atoms with Crippen molar-refractivity contribution in [3.05, 3.63) is 54.3 Å². The molecule has 2 aliphatic rings. The first-order valence-electron chi connectivity index (χ1n) is 8.91. The van der Waals surface area contributed by atoms with Crippen LogP contribution in [0, 0.1) is 5.92 Å². The summed E-state index contributed by atoms with van der Waals surface area (Å²) in [6, 6.07) is 9.78. The molecular weight excluding hydrogens is 348 g/mol. The second-order valence-corrected chi connectivity index (χ2v) is 7.01. The van der Waals surface area contributed by atoms with E-state index < -0.39 is 0 Å². The molecule has 1 aromatic carbocycles. The van der Waals surface area contributed by atoms with Gasteiger partial charge in [-0.15, -0.1) is 0 Å². The molecule has 0 fully saturated rings. The largest absolute Gasteiger partial charge is 0.454 e. The van der Waals surface area contributed by atoms with E-state index >= 15 is 0 Å². The van der Waals surface area contributed by atoms with Gasteiger partial charge in [0.2, 0.25) is 6.79 Å². The third-order valence-electron chi connectivity index (χ3n) is 4.71. The summed E-state index contributed by atoms with van der Waals surface area (Å²) >= 11 is 5.67. The first-order chi connectivity index (χ1) is 12.8. The predicted octanol–water partition coefficient (Wildman–Crippen LogP) is 4.56. The van der Waals surface area contributed by atoms with Gasteiger partial charge in [-0.05, 0) is 61.2 Å². The third-order valence-corrected chi connectivity index (χ3v) is 5.07. The number of nitrogens with zero attached hydrogens (tertiary/aromatic N) is 1. The fraction of sp³-hybridized carbons (Fsp3) is 0.350. The normalized spacial score (nSPS) is 17.9. The van der Waals surface area contributed by atoms with Crippen LogP contribution in [0.5, 0.6) is 11.5 Å². The van der Waals surface area contributed by atoms with Gasteiger partial charge in [-0.3, -0.25) is 0 Å². The molecule has 26 heavy (non-hydrogen) atoms. The van der Waals surface area contributed by atoms with Crippen LogP contribution in [0.15, 0.2) is 53.2 Å². The Kier molecular flexibility index (Phi) is 5.11. The molecule has 4 rings (SSSR count). The summed E-state index contributed by atoms with van der Waals surface area (Å²) in [6.45, 7) is 1.91. The fourth-order valence-corrected chi connectivity index (χ4v) is 3.59. The van der Waals surface area contributed by atoms with E-state index in [9.17, 15) is 0 Å². The van der Waals surface area contributed by atoms with E-state index in [-0.39, 0.29) is 6.79 Å². The van der Waals surface area contributed by atoms with Crippen molar-refractivity contribution in [3.63, 3.8) is 0 Å². The molecule has 0 saturated carbocycles. The highest BCUT2D eigenvalue weighted by Crippen LogP contribution is 2.33. The molecule has 0 spiro atoms. The Morgan fingerprint density at radius 3 is 2.92 bits per heavy atom. The van der Waals surface area contributed by atoms with Crippen molar-refractivity contribution in [2.75, 3.05) is 18.7 Å². The van der Waals surface area contributed by atoms with Crippen LogP contribution in [0.3, 0.4) is 0 Å². The number of hydrogen-bond acceptors (Lipinski definition) is 4. The molecule has 2 heterocycles. The number of fused-ring (bicyclic) bond motifs is 1. The summed E-state index contributed by atoms with van der Waals surface area (Å²) in [5, 5.41) is 3.87. The number of rotatable bonds is 5. The zero-order valence-corrected chi connectivity index (χ0v) is 15.3. The number of nitrogens with one attached hydrogen (secondary N) is 1. The maximum absolute atomic E-state index is 5.67. The third kappa shape index (κ3) is 4.02. The molecule has 0 radical (unpaired) electrons. The highest BCUT2D eigenvalue weighted by molar-refractivity contribution is 7.80. The summed E-state index contributed by atoms with van der Waals surface area (Å²) in [6.07, 6.45) is 9.60. The van der Waals surface area contributed by atoms with Crippen LogP contribution in [0.4, 0.5) is 5.88 Å². The molecule has 1 N–H and O–H groups in total. The van der Waals surface area contributed by atoms with E-state index in [4.69, 9.17) is 26.1 Å². The maximum Gasteiger partial charge on any atom is 0.231 e. The van der Waals surface area contributed by atoms with Gasteiger partial charge in [0.15, 0.2) is 22.5 Å². The van der Waals surface area contributed by atoms with Gasteiger partial charge in [0.05, 0.1) is 6.26 Å². The monoisotopic (exact) mass is 370 g/mol. The van der Waals surface area contributed by atoms with Crippen molar-refractivity contribution in [2.24, 2.45) is 5.92 Å². The van der Waals surface area contributed by atoms with Gasteiger partial charge in [-0.1, -0.05) is 18.2 Å². The second-order valence-electron chi connectivity index (χ2n) is 6.63. The van der Waals surface area contributed by atoms with Crippen LogP contribution in [0.2, 0.25) is 0 Å². The van der Waals surface area contributed by atoms with Crippen LogP contribution in [0.25, 0.3) is 0 Å². The molecule has 1 unspecified atom stereocenters. The average molecular weight is 370 g/mol. The van der Waals surface area contributed by atoms with E-state index in [2.05, 4.69) is 28.4 Å². The average Bonchev–Trinajstić information content (AvgIpc) is 3.33. The number of ether oxygens (including phenoxy) is 2. The topological polar surface area (TPSA) is 46.9 Å². The Morgan fingerprint density at radius 2 is 2.12 bits per heavy atom. The lowest BCUT2D eigenvalue weighted by molar-refractivity contribution is 0.174. The number of thiocarbonyl (C=S) groups is 1. The van der Waals surface area contributed by atoms with E-state index in [0.29, 0.717) is 23.5 Å². The van der Waals surface area contributed by atoms with Gasteiger partial charge in [0.1, 0.15) is 0 Å². The number of allylic oxidation sites excluding steroid dienone is 2. The van der Waals surface area contributed by atoms with E-state index in [1.54, 1.807) is 6.26 Å². The van der Waals surface area contributed by atoms with Crippen LogP contribution < -0.4 is 14.8 Å². The smallest absolute Gasteiger partial charge is 0.231 e. The van der Waals surface area contributed by atoms with Crippen LogP contribution in [-0.4, -0.2) is 23.4 Å². The number of hydrogen-bond donors (Lipinski definition) is 1. The fourth-order valence-electron chi connectivity index (χ4n) is 3.35. The predicted molar refractivity (Wildman–Crippen MR) is 104 cm³/mol. The number of benzene rings is 1. The van der Waals surface area contributed by atoms with Crippen molar-refractivity contribution >= 4 is 23.2 Å². The van der Waals surface area contributed by atoms with Gasteiger partial charge < -0.3 is 24.1 Å². The minimum absolute atomic E-state index is 0.287. The van der Waals surface area contributed by atoms with E-state index in [0.717, 1.165) is 36.4 Å². The molecule has 6 heteroatoms. The van der Waals surface area contributed by atoms with Gasteiger partial charge >= 0.3 is 0 Å². The van der Waals surface area contributed by atoms with Crippen molar-refractivity contribution in [2.45, 2.75) is 25.8 Å². The lowest BCUT2D eigenvalue weighted by Crippen LogP contribution is -2.38. The molecule has 1 aliphatic heterocycles. The Labute approximate surface area is 158 Å². The Balaban J connectivity index is 1.49. The summed E-state index contributed by atoms with van der Waals surface area (Å²) < 4.78 is 16.3. The van der Waals surface area contributed by atoms with Crippen LogP contribution >= 0.6 is 12.2 Å². The van der Waals surface area contributed by atoms with E-state index in [1.807, 2.05) is 24.3 Å². The molecule has 2 aromatic rings. The molecule has 0 amide bonds. The van der Waals surface area contributed by atoms with Crippen LogP contribution in [-0.2, 0) is 6.54 Å². The van der Waals surface area contributed by atoms with Crippen LogP contribution in [0.1, 0.15) is 24.8 Å². The van der Waals surface area contributed by atoms with Crippen molar-refractivity contribution in [1.82, 2.24) is 4.90 Å². The van der Waals surface area contributed by atoms with Crippen molar-refractivity contribution < 1.29 is 13.9 Å². The first kappa shape index (κ1) is 17.0. The minimum atomic E-state index is 0.287. The van der Waals surface area contributed by atoms with Gasteiger partial charge in [0.25, 0.3) is 0 Å². The standard InChI is InChI=1S/C20H22N2O3S/c26-20(21-19-7-4-10-23-19)22(12-15-5-2-1-3-6-15)13-16-8-9-17-18(11-16)25-14-24-17/h1-2,4,7-11,15H,3,5-6,12-14H2,(H,21,26). The van der Waals surface area contributed by atoms with Crippen molar-refractivity contribution in [1.29, 1.82) is 0 Å². The minimum Gasteiger partial charge on any atom is -0.454 e. The molecule has 136 valence electrons. The summed E-state index contributed by atoms with van der Waals surface area (Å²) in [4.78, 5) is 2.21. The molecule has 1 aliphatic carbocycles. The Morgan fingerprint density at radius 1 is 1.19 bits per heavy atom. The molecule has 1 aromatic heterocycles. The molecule has 0 bridgehead atoms. The highest BCUT2D eigenvalue weighted by Gasteiger charge is 2.20. The number of furan rings is 1. The molecule has 0 saturated heterocycles. The zero-order chi connectivity index (χ0) is 17.8. The summed E-state index contributed by atoms with van der Waals surface area (Å²) in [7, 11) is 0. The Hall–Kier alpha value is -2.47. The lowest BCUT2D eigenvalue weighted by atomic mass is 9.94. The quantitative estimate of drug-likeness (QED) is 0.615. The zero-order valence-electron chi connectivity index (χ0n) is 14.5. The van der Waals surface area contributed by atoms with Crippen molar-refractivity contribution in [3.8, 4) is 11.5 Å². The van der Waals surface area contributed by atoms with Gasteiger partial charge in [-0.2, -0.15) is 0 Å². The lowest BCUT2D eigenvalue weighted by Gasteiger charge is -2.30. The first-order valence-corrected chi connectivity index (χ1v) is 9.32. The maximum atomic E-state index is 5.67. The Bertz CT molecular complexity index is 788. The highest BCUT2D eigenvalue weighted by atomic mass is 32.1. The SMILES string of the molecule is S=C(Nc1ccco1)N(Cc1ccc2c(c1)OCO2)CC1CC=CCC1. The molecule has 1 atom stereocenters. The second kappa shape index (κ2) is 7.83. The van der Waals surface area contributed by atoms with Gasteiger partial charge in [0, 0.05) is 19.2 Å². The summed E-state index contributed by atoms with van der Waals surface area (Å²) in [5.41, 5.74) is 1.14. The molecular formula is C20H22N2O3S. The van der Waals surface area contributed by atoms with Gasteiger partial charge in [-0.25, -0.2) is 0 Å². The molecule has 5 nitrogen and oxygen atoms in total. The number of anilines is 1. The summed E-state index contributed by atoms with van der Waals surface area (Å²) in [5.74, 6) is 2.86. The van der Waals surface area contributed by atoms with E-state index in [1.165, 1.54) is 6.42 Å².